The number of nitrogens with one attached hydrogen (secondary N) is 1. The van der Waals surface area contributed by atoms with Crippen LogP contribution in [0.15, 0.2) is 0 Å². The van der Waals surface area contributed by atoms with E-state index in [2.05, 4.69) is 33.0 Å². The van der Waals surface area contributed by atoms with Crippen LogP contribution in [0.3, 0.4) is 0 Å². The predicted molar refractivity (Wildman–Crippen MR) is 69.1 cm³/mol. The van der Waals surface area contributed by atoms with Crippen molar-refractivity contribution in [3.8, 4) is 0 Å². The van der Waals surface area contributed by atoms with Gasteiger partial charge in [-0.1, -0.05) is 27.7 Å². The molecule has 3 N–H and O–H groups in total. The quantitative estimate of drug-likeness (QED) is 0.702. The first kappa shape index (κ1) is 15.4. The van der Waals surface area contributed by atoms with Gasteiger partial charge in [-0.05, 0) is 38.5 Å². The third-order valence-electron chi connectivity index (χ3n) is 2.69. The smallest absolute Gasteiger partial charge is 0.237 e. The molecule has 96 valence electrons. The van der Waals surface area contributed by atoms with Gasteiger partial charge in [0, 0.05) is 6.04 Å². The summed E-state index contributed by atoms with van der Waals surface area (Å²) in [6.07, 6.45) is 2.16. The molecule has 0 fully saturated rings. The molecule has 1 amide bonds. The minimum absolute atomic E-state index is 0.287. The van der Waals surface area contributed by atoms with E-state index in [9.17, 15) is 4.79 Å². The van der Waals surface area contributed by atoms with Gasteiger partial charge in [0.1, 0.15) is 0 Å². The Morgan fingerprint density at radius 3 is 1.75 bits per heavy atom. The van der Waals surface area contributed by atoms with Crippen molar-refractivity contribution in [3.05, 3.63) is 0 Å². The molecule has 0 aliphatic rings. The van der Waals surface area contributed by atoms with Gasteiger partial charge in [-0.15, -0.1) is 0 Å². The molecule has 3 heteroatoms. The van der Waals surface area contributed by atoms with Crippen molar-refractivity contribution >= 4 is 5.91 Å². The Morgan fingerprint density at radius 1 is 1.12 bits per heavy atom. The summed E-state index contributed by atoms with van der Waals surface area (Å²) in [5.41, 5.74) is 4.76. The van der Waals surface area contributed by atoms with E-state index < -0.39 is 5.54 Å². The fourth-order valence-corrected chi connectivity index (χ4v) is 1.93. The fraction of sp³-hybridized carbons (Fsp3) is 0.923. The van der Waals surface area contributed by atoms with Crippen LogP contribution in [0.25, 0.3) is 0 Å². The van der Waals surface area contributed by atoms with Gasteiger partial charge < -0.3 is 11.1 Å². The van der Waals surface area contributed by atoms with Gasteiger partial charge in [0.05, 0.1) is 5.54 Å². The first-order valence-electron chi connectivity index (χ1n) is 6.22. The van der Waals surface area contributed by atoms with Gasteiger partial charge in [0.25, 0.3) is 0 Å². The summed E-state index contributed by atoms with van der Waals surface area (Å²) in [7, 11) is 0. The third kappa shape index (κ3) is 6.11. The monoisotopic (exact) mass is 228 g/mol. The summed E-state index contributed by atoms with van der Waals surface area (Å²) in [5, 5.41) is 3.38. The normalized spacial score (nSPS) is 12.8. The average Bonchev–Trinajstić information content (AvgIpc) is 1.99. The van der Waals surface area contributed by atoms with Crippen molar-refractivity contribution in [2.75, 3.05) is 0 Å². The molecular formula is C13H28N2O. The van der Waals surface area contributed by atoms with Crippen LogP contribution < -0.4 is 11.1 Å². The predicted octanol–water partition coefficient (Wildman–Crippen LogP) is 2.30. The second kappa shape index (κ2) is 6.24. The molecule has 0 aromatic rings. The maximum absolute atomic E-state index is 11.3. The zero-order chi connectivity index (χ0) is 12.9. The summed E-state index contributed by atoms with van der Waals surface area (Å²) in [6.45, 7) is 12.5. The van der Waals surface area contributed by atoms with E-state index in [0.29, 0.717) is 17.9 Å². The number of hydrogen-bond acceptors (Lipinski definition) is 2. The van der Waals surface area contributed by atoms with Gasteiger partial charge in [-0.3, -0.25) is 4.79 Å². The van der Waals surface area contributed by atoms with Gasteiger partial charge in [0.2, 0.25) is 5.91 Å². The van der Waals surface area contributed by atoms with Crippen molar-refractivity contribution in [2.45, 2.75) is 66.0 Å². The Balaban J connectivity index is 4.47. The Morgan fingerprint density at radius 2 is 1.50 bits per heavy atom. The highest BCUT2D eigenvalue weighted by molar-refractivity contribution is 5.83. The van der Waals surface area contributed by atoms with Crippen LogP contribution in [0.4, 0.5) is 0 Å². The number of rotatable bonds is 7. The Hall–Kier alpha value is -0.570. The van der Waals surface area contributed by atoms with E-state index in [0.717, 1.165) is 12.8 Å². The summed E-state index contributed by atoms with van der Waals surface area (Å²) in [6, 6.07) is 0.363. The van der Waals surface area contributed by atoms with Crippen LogP contribution in [-0.2, 0) is 4.79 Å². The van der Waals surface area contributed by atoms with Crippen LogP contribution in [0, 0.1) is 11.8 Å². The van der Waals surface area contributed by atoms with Gasteiger partial charge >= 0.3 is 0 Å². The Bertz CT molecular complexity index is 212. The number of amides is 1. The van der Waals surface area contributed by atoms with E-state index >= 15 is 0 Å². The van der Waals surface area contributed by atoms with Crippen molar-refractivity contribution in [1.82, 2.24) is 5.32 Å². The van der Waals surface area contributed by atoms with Gasteiger partial charge in [-0.2, -0.15) is 0 Å². The standard InChI is InChI=1S/C13H28N2O/c1-9(2)7-11(8-10(3)4)15-13(5,6)12(14)16/h9-11,15H,7-8H2,1-6H3,(H2,14,16). The number of hydrogen-bond donors (Lipinski definition) is 2. The topological polar surface area (TPSA) is 55.1 Å². The molecule has 0 aromatic heterocycles. The van der Waals surface area contributed by atoms with Crippen molar-refractivity contribution in [1.29, 1.82) is 0 Å². The summed E-state index contributed by atoms with van der Waals surface area (Å²) in [5.74, 6) is 0.963. The minimum Gasteiger partial charge on any atom is -0.368 e. The molecule has 0 aromatic carbocycles. The molecule has 0 saturated carbocycles. The molecular weight excluding hydrogens is 200 g/mol. The molecule has 0 rings (SSSR count). The molecule has 0 unspecified atom stereocenters. The summed E-state index contributed by atoms with van der Waals surface area (Å²) < 4.78 is 0. The van der Waals surface area contributed by atoms with Crippen molar-refractivity contribution < 1.29 is 4.79 Å². The van der Waals surface area contributed by atoms with Crippen LogP contribution in [-0.4, -0.2) is 17.5 Å². The van der Waals surface area contributed by atoms with E-state index in [-0.39, 0.29) is 5.91 Å². The van der Waals surface area contributed by atoms with Gasteiger partial charge in [-0.25, -0.2) is 0 Å². The molecule has 0 saturated heterocycles. The number of nitrogens with two attached hydrogens (primary N) is 1. The summed E-state index contributed by atoms with van der Waals surface area (Å²) in [4.78, 5) is 11.3. The highest BCUT2D eigenvalue weighted by Crippen LogP contribution is 2.16. The minimum atomic E-state index is -0.617. The lowest BCUT2D eigenvalue weighted by molar-refractivity contribution is -0.123. The third-order valence-corrected chi connectivity index (χ3v) is 2.69. The highest BCUT2D eigenvalue weighted by atomic mass is 16.1. The molecule has 0 spiro atoms. The zero-order valence-electron chi connectivity index (χ0n) is 11.6. The molecule has 16 heavy (non-hydrogen) atoms. The first-order valence-corrected chi connectivity index (χ1v) is 6.22. The fourth-order valence-electron chi connectivity index (χ4n) is 1.93. The Labute approximate surface area is 100 Å². The lowest BCUT2D eigenvalue weighted by Crippen LogP contribution is -2.55. The second-order valence-electron chi connectivity index (χ2n) is 6.09. The maximum Gasteiger partial charge on any atom is 0.237 e. The van der Waals surface area contributed by atoms with Crippen LogP contribution in [0.2, 0.25) is 0 Å². The van der Waals surface area contributed by atoms with Crippen molar-refractivity contribution in [3.63, 3.8) is 0 Å². The van der Waals surface area contributed by atoms with E-state index in [4.69, 9.17) is 5.73 Å². The Kier molecular flexibility index (Phi) is 6.01. The number of carbonyl (C=O) groups excluding carboxylic acids is 1. The average molecular weight is 228 g/mol. The molecule has 0 heterocycles. The van der Waals surface area contributed by atoms with Crippen LogP contribution >= 0.6 is 0 Å². The molecule has 0 aliphatic carbocycles. The molecule has 0 aliphatic heterocycles. The highest BCUT2D eigenvalue weighted by Gasteiger charge is 2.28. The summed E-state index contributed by atoms with van der Waals surface area (Å²) >= 11 is 0. The number of primary amides is 1. The van der Waals surface area contributed by atoms with Crippen LogP contribution in [0.1, 0.15) is 54.4 Å². The number of carbonyl (C=O) groups is 1. The van der Waals surface area contributed by atoms with Crippen molar-refractivity contribution in [2.24, 2.45) is 17.6 Å². The van der Waals surface area contributed by atoms with E-state index in [1.807, 2.05) is 13.8 Å². The largest absolute Gasteiger partial charge is 0.368 e. The molecule has 0 atom stereocenters. The lowest BCUT2D eigenvalue weighted by atomic mass is 9.92. The zero-order valence-corrected chi connectivity index (χ0v) is 11.6. The van der Waals surface area contributed by atoms with Crippen LogP contribution in [0.5, 0.6) is 0 Å². The molecule has 3 nitrogen and oxygen atoms in total. The second-order valence-corrected chi connectivity index (χ2v) is 6.09. The van der Waals surface area contributed by atoms with E-state index in [1.165, 1.54) is 0 Å². The SMILES string of the molecule is CC(C)CC(CC(C)C)NC(C)(C)C(N)=O. The molecule has 0 bridgehead atoms. The van der Waals surface area contributed by atoms with E-state index in [1.54, 1.807) is 0 Å². The maximum atomic E-state index is 11.3. The van der Waals surface area contributed by atoms with Gasteiger partial charge in [0.15, 0.2) is 0 Å². The molecule has 0 radical (unpaired) electrons. The first-order chi connectivity index (χ1) is 7.15. The lowest BCUT2D eigenvalue weighted by Gasteiger charge is -2.31.